The van der Waals surface area contributed by atoms with E-state index in [4.69, 9.17) is 21.7 Å². The average Bonchev–Trinajstić information content (AvgIpc) is 2.74. The Morgan fingerprint density at radius 2 is 1.72 bits per heavy atom. The largest absolute Gasteiger partial charge is 0.394 e. The number of hydrogen-bond acceptors (Lipinski definition) is 6. The number of halogens is 1. The third kappa shape index (κ3) is 4.69. The van der Waals surface area contributed by atoms with E-state index in [1.165, 1.54) is 0 Å². The highest BCUT2D eigenvalue weighted by atomic mass is 35.5. The van der Waals surface area contributed by atoms with Crippen LogP contribution in [0.5, 0.6) is 0 Å². The minimum Gasteiger partial charge on any atom is -0.394 e. The lowest BCUT2D eigenvalue weighted by Gasteiger charge is -2.40. The van der Waals surface area contributed by atoms with Crippen LogP contribution < -0.4 is 0 Å². The molecule has 1 saturated heterocycles. The van der Waals surface area contributed by atoms with E-state index < -0.39 is 37.1 Å². The molecular formula is C22H26ClNO5. The fourth-order valence-electron chi connectivity index (χ4n) is 3.53. The summed E-state index contributed by atoms with van der Waals surface area (Å²) in [6.07, 6.45) is -4.78. The molecule has 0 saturated carbocycles. The van der Waals surface area contributed by atoms with Crippen LogP contribution in [0.25, 0.3) is 0 Å². The van der Waals surface area contributed by atoms with E-state index in [1.807, 2.05) is 31.2 Å². The first-order valence-corrected chi connectivity index (χ1v) is 9.99. The number of benzene rings is 2. The van der Waals surface area contributed by atoms with Crippen molar-refractivity contribution in [3.05, 3.63) is 69.7 Å². The van der Waals surface area contributed by atoms with Crippen molar-refractivity contribution < 1.29 is 25.2 Å². The Labute approximate surface area is 174 Å². The zero-order valence-electron chi connectivity index (χ0n) is 16.1. The quantitative estimate of drug-likeness (QED) is 0.461. The zero-order chi connectivity index (χ0) is 21.1. The van der Waals surface area contributed by atoms with E-state index in [0.717, 1.165) is 16.7 Å². The fraction of sp³-hybridized carbons (Fsp3) is 0.409. The van der Waals surface area contributed by atoms with Crippen LogP contribution in [0.15, 0.2) is 42.5 Å². The number of ether oxygens (including phenoxy) is 1. The van der Waals surface area contributed by atoms with Crippen LogP contribution in [-0.4, -0.2) is 57.2 Å². The van der Waals surface area contributed by atoms with Crippen molar-refractivity contribution in [2.75, 3.05) is 6.61 Å². The standard InChI is InChI=1S/C22H26ClNO5/c1-2-17(24)13-5-3-12(4-6-13)9-15-10-14(7-8-16(15)23)22-21(28)20(27)19(26)18(11-25)29-22/h3-8,10,18-22,24-28H,2,9,11H2,1H3. The maximum absolute atomic E-state index is 10.4. The normalized spacial score (nSPS) is 27.0. The second-order valence-electron chi connectivity index (χ2n) is 7.31. The van der Waals surface area contributed by atoms with Crippen molar-refractivity contribution in [2.45, 2.75) is 50.3 Å². The van der Waals surface area contributed by atoms with Gasteiger partial charge in [0.1, 0.15) is 30.5 Å². The summed E-state index contributed by atoms with van der Waals surface area (Å²) in [6.45, 7) is 1.47. The van der Waals surface area contributed by atoms with Crippen LogP contribution in [0.3, 0.4) is 0 Å². The van der Waals surface area contributed by atoms with E-state index in [2.05, 4.69) is 0 Å². The van der Waals surface area contributed by atoms with Gasteiger partial charge in [0.15, 0.2) is 0 Å². The Balaban J connectivity index is 1.83. The van der Waals surface area contributed by atoms with Crippen molar-refractivity contribution in [3.63, 3.8) is 0 Å². The monoisotopic (exact) mass is 419 g/mol. The Hall–Kier alpha value is -1.80. The van der Waals surface area contributed by atoms with E-state index in [9.17, 15) is 20.4 Å². The molecule has 5 atom stereocenters. The first kappa shape index (κ1) is 21.9. The Kier molecular flexibility index (Phi) is 7.05. The number of nitrogens with one attached hydrogen (secondary N) is 1. The van der Waals surface area contributed by atoms with Gasteiger partial charge in [-0.15, -0.1) is 0 Å². The van der Waals surface area contributed by atoms with E-state index in [0.29, 0.717) is 29.1 Å². The number of rotatable bonds is 6. The van der Waals surface area contributed by atoms with Gasteiger partial charge in [0.05, 0.1) is 6.61 Å². The molecule has 1 aliphatic rings. The Bertz CT molecular complexity index is 855. The van der Waals surface area contributed by atoms with E-state index >= 15 is 0 Å². The summed E-state index contributed by atoms with van der Waals surface area (Å²) in [5, 5.41) is 48.2. The predicted octanol–water partition coefficient (Wildman–Crippen LogP) is 2.22. The molecular weight excluding hydrogens is 394 g/mol. The van der Waals surface area contributed by atoms with Gasteiger partial charge in [-0.2, -0.15) is 0 Å². The summed E-state index contributed by atoms with van der Waals surface area (Å²) in [5.41, 5.74) is 3.91. The first-order valence-electron chi connectivity index (χ1n) is 9.61. The summed E-state index contributed by atoms with van der Waals surface area (Å²) in [5.74, 6) is 0. The molecule has 2 aromatic rings. The zero-order valence-corrected chi connectivity index (χ0v) is 16.9. The lowest BCUT2D eigenvalue weighted by molar-refractivity contribution is -0.231. The molecule has 156 valence electrons. The molecule has 1 aliphatic heterocycles. The minimum atomic E-state index is -1.42. The van der Waals surface area contributed by atoms with Crippen molar-refractivity contribution in [2.24, 2.45) is 0 Å². The van der Waals surface area contributed by atoms with Crippen LogP contribution in [0, 0.1) is 5.41 Å². The first-order chi connectivity index (χ1) is 13.8. The van der Waals surface area contributed by atoms with E-state index in [1.54, 1.807) is 18.2 Å². The lowest BCUT2D eigenvalue weighted by Crippen LogP contribution is -2.55. The molecule has 0 spiro atoms. The molecule has 0 radical (unpaired) electrons. The molecule has 0 aromatic heterocycles. The predicted molar refractivity (Wildman–Crippen MR) is 111 cm³/mol. The van der Waals surface area contributed by atoms with Gasteiger partial charge in [0.2, 0.25) is 0 Å². The van der Waals surface area contributed by atoms with Crippen molar-refractivity contribution in [1.29, 1.82) is 5.41 Å². The van der Waals surface area contributed by atoms with E-state index in [-0.39, 0.29) is 0 Å². The lowest BCUT2D eigenvalue weighted by atomic mass is 9.90. The highest BCUT2D eigenvalue weighted by Crippen LogP contribution is 2.34. The van der Waals surface area contributed by atoms with Gasteiger partial charge in [-0.3, -0.25) is 0 Å². The minimum absolute atomic E-state index is 0.471. The molecule has 0 aliphatic carbocycles. The van der Waals surface area contributed by atoms with Crippen LogP contribution in [0.1, 0.15) is 41.7 Å². The maximum Gasteiger partial charge on any atom is 0.113 e. The summed E-state index contributed by atoms with van der Waals surface area (Å²) in [6, 6.07) is 12.9. The smallest absolute Gasteiger partial charge is 0.113 e. The second kappa shape index (κ2) is 9.34. The summed E-state index contributed by atoms with van der Waals surface area (Å²) < 4.78 is 5.64. The van der Waals surface area contributed by atoms with Crippen molar-refractivity contribution in [3.8, 4) is 0 Å². The topological polar surface area (TPSA) is 114 Å². The molecule has 1 fully saturated rings. The van der Waals surface area contributed by atoms with Gasteiger partial charge in [-0.05, 0) is 41.2 Å². The molecule has 1 heterocycles. The fourth-order valence-corrected chi connectivity index (χ4v) is 3.72. The second-order valence-corrected chi connectivity index (χ2v) is 7.71. The summed E-state index contributed by atoms with van der Waals surface area (Å²) >= 11 is 6.37. The highest BCUT2D eigenvalue weighted by molar-refractivity contribution is 6.31. The molecule has 29 heavy (non-hydrogen) atoms. The van der Waals surface area contributed by atoms with Crippen LogP contribution >= 0.6 is 11.6 Å². The Morgan fingerprint density at radius 3 is 2.34 bits per heavy atom. The Morgan fingerprint density at radius 1 is 1.03 bits per heavy atom. The number of aliphatic hydroxyl groups is 4. The number of hydrogen-bond donors (Lipinski definition) is 5. The van der Waals surface area contributed by atoms with Crippen molar-refractivity contribution in [1.82, 2.24) is 0 Å². The average molecular weight is 420 g/mol. The van der Waals surface area contributed by atoms with Gasteiger partial charge < -0.3 is 30.6 Å². The molecule has 5 unspecified atom stereocenters. The number of aliphatic hydroxyl groups excluding tert-OH is 4. The summed E-state index contributed by atoms with van der Waals surface area (Å²) in [7, 11) is 0. The molecule has 6 nitrogen and oxygen atoms in total. The van der Waals surface area contributed by atoms with Gasteiger partial charge in [-0.25, -0.2) is 0 Å². The third-order valence-electron chi connectivity index (χ3n) is 5.34. The van der Waals surface area contributed by atoms with Crippen LogP contribution in [0.4, 0.5) is 0 Å². The molecule has 0 bridgehead atoms. The maximum atomic E-state index is 10.4. The third-order valence-corrected chi connectivity index (χ3v) is 5.71. The van der Waals surface area contributed by atoms with Crippen LogP contribution in [-0.2, 0) is 11.2 Å². The summed E-state index contributed by atoms with van der Waals surface area (Å²) in [4.78, 5) is 0. The molecule has 3 rings (SSSR count). The van der Waals surface area contributed by atoms with Crippen LogP contribution in [0.2, 0.25) is 5.02 Å². The van der Waals surface area contributed by atoms with Gasteiger partial charge in [0.25, 0.3) is 0 Å². The van der Waals surface area contributed by atoms with Gasteiger partial charge >= 0.3 is 0 Å². The molecule has 2 aromatic carbocycles. The highest BCUT2D eigenvalue weighted by Gasteiger charge is 2.43. The SMILES string of the molecule is CCC(=N)c1ccc(Cc2cc(C3OC(CO)C(O)C(O)C3O)ccc2Cl)cc1. The molecule has 0 amide bonds. The van der Waals surface area contributed by atoms with Crippen molar-refractivity contribution >= 4 is 17.3 Å². The molecule has 5 N–H and O–H groups in total. The van der Waals surface area contributed by atoms with Gasteiger partial charge in [0, 0.05) is 10.7 Å². The van der Waals surface area contributed by atoms with Gasteiger partial charge in [-0.1, -0.05) is 54.9 Å². The molecule has 7 heteroatoms.